The molecule has 0 saturated carbocycles. The number of hydrogen-bond acceptors (Lipinski definition) is 2. The molecule has 0 amide bonds. The summed E-state index contributed by atoms with van der Waals surface area (Å²) in [5, 5.41) is 4.79. The Morgan fingerprint density at radius 2 is 1.95 bits per heavy atom. The van der Waals surface area contributed by atoms with Crippen LogP contribution in [0.5, 0.6) is 5.75 Å². The molecule has 1 heterocycles. The topological polar surface area (TPSA) is 21.3 Å². The largest absolute Gasteiger partial charge is 0.485 e. The molecular weight excluding hydrogens is 281 g/mol. The second-order valence-corrected chi connectivity index (χ2v) is 5.96. The van der Waals surface area contributed by atoms with Crippen molar-refractivity contribution in [1.29, 1.82) is 0 Å². The van der Waals surface area contributed by atoms with Crippen LogP contribution in [0, 0.1) is 0 Å². The molecule has 1 aromatic rings. The molecule has 106 valence electrons. The molecule has 1 aromatic carbocycles. The molecule has 0 saturated heterocycles. The van der Waals surface area contributed by atoms with Crippen LogP contribution >= 0.6 is 23.2 Å². The van der Waals surface area contributed by atoms with Gasteiger partial charge in [-0.3, -0.25) is 0 Å². The van der Waals surface area contributed by atoms with Crippen LogP contribution in [-0.2, 0) is 0 Å². The van der Waals surface area contributed by atoms with E-state index in [2.05, 4.69) is 26.1 Å². The van der Waals surface area contributed by atoms with Gasteiger partial charge in [-0.05, 0) is 31.5 Å². The number of halogens is 2. The van der Waals surface area contributed by atoms with E-state index in [4.69, 9.17) is 27.9 Å². The molecular formula is C15H21Cl2NO. The minimum absolute atomic E-state index is 0.128. The lowest BCUT2D eigenvalue weighted by Crippen LogP contribution is -2.43. The van der Waals surface area contributed by atoms with Gasteiger partial charge in [-0.2, -0.15) is 0 Å². The zero-order valence-corrected chi connectivity index (χ0v) is 13.2. The molecule has 2 rings (SSSR count). The highest BCUT2D eigenvalue weighted by molar-refractivity contribution is 6.35. The molecule has 0 spiro atoms. The Morgan fingerprint density at radius 3 is 2.53 bits per heavy atom. The van der Waals surface area contributed by atoms with Crippen LogP contribution < -0.4 is 10.1 Å². The summed E-state index contributed by atoms with van der Waals surface area (Å²) in [4.78, 5) is 0. The molecule has 1 N–H and O–H groups in total. The van der Waals surface area contributed by atoms with Crippen molar-refractivity contribution in [3.63, 3.8) is 0 Å². The maximum Gasteiger partial charge on any atom is 0.143 e. The van der Waals surface area contributed by atoms with Crippen LogP contribution in [0.3, 0.4) is 0 Å². The van der Waals surface area contributed by atoms with Crippen molar-refractivity contribution in [2.45, 2.75) is 51.7 Å². The molecule has 4 heteroatoms. The van der Waals surface area contributed by atoms with Crippen molar-refractivity contribution in [3.8, 4) is 5.75 Å². The van der Waals surface area contributed by atoms with Gasteiger partial charge in [0.25, 0.3) is 0 Å². The Labute approximate surface area is 125 Å². The van der Waals surface area contributed by atoms with Crippen LogP contribution in [0.2, 0.25) is 10.0 Å². The third-order valence-electron chi connectivity index (χ3n) is 4.05. The monoisotopic (exact) mass is 301 g/mol. The fraction of sp³-hybridized carbons (Fsp3) is 0.600. The quantitative estimate of drug-likeness (QED) is 0.846. The van der Waals surface area contributed by atoms with Crippen LogP contribution in [0.4, 0.5) is 0 Å². The Hall–Kier alpha value is -0.440. The SMILES string of the molecule is CCNC1CC(CC)(CC)Oc2c(Cl)cc(Cl)cc21. The molecule has 1 atom stereocenters. The van der Waals surface area contributed by atoms with Gasteiger partial charge in [0.1, 0.15) is 11.4 Å². The first-order valence-corrected chi connectivity index (χ1v) is 7.72. The van der Waals surface area contributed by atoms with E-state index in [0.29, 0.717) is 10.0 Å². The van der Waals surface area contributed by atoms with E-state index in [1.54, 1.807) is 6.07 Å². The predicted molar refractivity (Wildman–Crippen MR) is 81.4 cm³/mol. The van der Waals surface area contributed by atoms with Crippen LogP contribution in [0.25, 0.3) is 0 Å². The third kappa shape index (κ3) is 2.86. The van der Waals surface area contributed by atoms with E-state index in [-0.39, 0.29) is 11.6 Å². The van der Waals surface area contributed by atoms with Gasteiger partial charge < -0.3 is 10.1 Å². The van der Waals surface area contributed by atoms with E-state index < -0.39 is 0 Å². The highest BCUT2D eigenvalue weighted by Crippen LogP contribution is 2.47. The minimum atomic E-state index is -0.128. The van der Waals surface area contributed by atoms with E-state index in [1.165, 1.54) is 0 Å². The molecule has 1 unspecified atom stereocenters. The van der Waals surface area contributed by atoms with Gasteiger partial charge in [0.2, 0.25) is 0 Å². The summed E-state index contributed by atoms with van der Waals surface area (Å²) in [6, 6.07) is 3.97. The third-order valence-corrected chi connectivity index (χ3v) is 4.55. The van der Waals surface area contributed by atoms with Gasteiger partial charge in [-0.1, -0.05) is 44.0 Å². The van der Waals surface area contributed by atoms with Crippen LogP contribution in [0.1, 0.15) is 51.6 Å². The number of fused-ring (bicyclic) bond motifs is 1. The highest BCUT2D eigenvalue weighted by Gasteiger charge is 2.39. The lowest BCUT2D eigenvalue weighted by Gasteiger charge is -2.42. The van der Waals surface area contributed by atoms with E-state index >= 15 is 0 Å². The van der Waals surface area contributed by atoms with Gasteiger partial charge in [-0.15, -0.1) is 0 Å². The number of rotatable bonds is 4. The zero-order chi connectivity index (χ0) is 14.0. The maximum atomic E-state index is 6.32. The number of benzene rings is 1. The second kappa shape index (κ2) is 5.90. The Morgan fingerprint density at radius 1 is 1.26 bits per heavy atom. The normalized spacial score (nSPS) is 20.8. The molecule has 1 aliphatic heterocycles. The minimum Gasteiger partial charge on any atom is -0.485 e. The Kier molecular flexibility index (Phi) is 4.65. The van der Waals surface area contributed by atoms with Crippen molar-refractivity contribution in [3.05, 3.63) is 27.7 Å². The summed E-state index contributed by atoms with van der Waals surface area (Å²) in [5.41, 5.74) is 0.953. The standard InChI is InChI=1S/C15H21Cl2NO/c1-4-15(5-2)9-13(18-6-3)11-7-10(16)8-12(17)14(11)19-15/h7-8,13,18H,4-6,9H2,1-3H3. The fourth-order valence-electron chi connectivity index (χ4n) is 2.80. The molecule has 19 heavy (non-hydrogen) atoms. The lowest BCUT2D eigenvalue weighted by atomic mass is 9.83. The lowest BCUT2D eigenvalue weighted by molar-refractivity contribution is 0.0232. The number of hydrogen-bond donors (Lipinski definition) is 1. The summed E-state index contributed by atoms with van der Waals surface area (Å²) in [5.74, 6) is 0.798. The van der Waals surface area contributed by atoms with Gasteiger partial charge in [0.05, 0.1) is 5.02 Å². The first kappa shape index (κ1) is 15.0. The first-order valence-electron chi connectivity index (χ1n) is 6.96. The highest BCUT2D eigenvalue weighted by atomic mass is 35.5. The summed E-state index contributed by atoms with van der Waals surface area (Å²) in [6.45, 7) is 7.36. The predicted octanol–water partition coefficient (Wildman–Crippen LogP) is 4.99. The van der Waals surface area contributed by atoms with Gasteiger partial charge >= 0.3 is 0 Å². The molecule has 1 aliphatic rings. The summed E-state index contributed by atoms with van der Waals surface area (Å²) in [6.07, 6.45) is 2.91. The van der Waals surface area contributed by atoms with Gasteiger partial charge in [0, 0.05) is 23.0 Å². The smallest absolute Gasteiger partial charge is 0.143 e. The van der Waals surface area contributed by atoms with Crippen molar-refractivity contribution in [2.75, 3.05) is 6.54 Å². The molecule has 0 radical (unpaired) electrons. The zero-order valence-electron chi connectivity index (χ0n) is 11.7. The molecule has 2 nitrogen and oxygen atoms in total. The number of ether oxygens (including phenoxy) is 1. The van der Waals surface area contributed by atoms with Gasteiger partial charge in [0.15, 0.2) is 0 Å². The van der Waals surface area contributed by atoms with Crippen LogP contribution in [0.15, 0.2) is 12.1 Å². The summed E-state index contributed by atoms with van der Waals surface area (Å²) < 4.78 is 6.25. The fourth-order valence-corrected chi connectivity index (χ4v) is 3.35. The first-order chi connectivity index (χ1) is 9.05. The molecule has 0 fully saturated rings. The van der Waals surface area contributed by atoms with Gasteiger partial charge in [-0.25, -0.2) is 0 Å². The molecule has 0 bridgehead atoms. The van der Waals surface area contributed by atoms with Crippen molar-refractivity contribution >= 4 is 23.2 Å². The second-order valence-electron chi connectivity index (χ2n) is 5.11. The maximum absolute atomic E-state index is 6.32. The molecule has 0 aliphatic carbocycles. The van der Waals surface area contributed by atoms with Crippen molar-refractivity contribution < 1.29 is 4.74 Å². The van der Waals surface area contributed by atoms with E-state index in [1.807, 2.05) is 6.07 Å². The van der Waals surface area contributed by atoms with Crippen molar-refractivity contribution in [1.82, 2.24) is 5.32 Å². The summed E-state index contributed by atoms with van der Waals surface area (Å²) >= 11 is 12.4. The average molecular weight is 302 g/mol. The average Bonchev–Trinajstić information content (AvgIpc) is 2.40. The van der Waals surface area contributed by atoms with E-state index in [0.717, 1.165) is 37.1 Å². The van der Waals surface area contributed by atoms with E-state index in [9.17, 15) is 0 Å². The number of nitrogens with one attached hydrogen (secondary N) is 1. The Balaban J connectivity index is 2.49. The Bertz CT molecular complexity index is 458. The summed E-state index contributed by atoms with van der Waals surface area (Å²) in [7, 11) is 0. The molecule has 0 aromatic heterocycles. The van der Waals surface area contributed by atoms with Crippen molar-refractivity contribution in [2.24, 2.45) is 0 Å². The van der Waals surface area contributed by atoms with Crippen LogP contribution in [-0.4, -0.2) is 12.1 Å².